The summed E-state index contributed by atoms with van der Waals surface area (Å²) >= 11 is 1.43. The van der Waals surface area contributed by atoms with Crippen molar-refractivity contribution in [2.45, 2.75) is 49.7 Å². The maximum Gasteiger partial charge on any atom is 0.192 e. The molecule has 1 saturated carbocycles. The Bertz CT molecular complexity index is 989. The molecule has 3 aromatic rings. The van der Waals surface area contributed by atoms with Crippen molar-refractivity contribution in [2.24, 2.45) is 0 Å². The molecular weight excluding hydrogens is 390 g/mol. The van der Waals surface area contributed by atoms with Gasteiger partial charge in [0.1, 0.15) is 0 Å². The number of thioether (sulfide) groups is 1. The standard InChI is InChI=1S/C25H27N3OS/c1-2-17-28-24(22-11-7-4-8-12-22)26-27-25(28)30-18-23(29)21-15-13-20(14-16-21)19-9-5-3-6-10-19/h2,4,7-8,11-16,19H,1,3,5-6,9-10,17-18H2. The summed E-state index contributed by atoms with van der Waals surface area (Å²) in [5.41, 5.74) is 3.14. The summed E-state index contributed by atoms with van der Waals surface area (Å²) in [4.78, 5) is 12.8. The second-order valence-corrected chi connectivity index (χ2v) is 8.68. The Morgan fingerprint density at radius 2 is 1.77 bits per heavy atom. The molecule has 0 N–H and O–H groups in total. The van der Waals surface area contributed by atoms with E-state index in [1.807, 2.05) is 53.1 Å². The van der Waals surface area contributed by atoms with Crippen LogP contribution in [0.1, 0.15) is 53.9 Å². The van der Waals surface area contributed by atoms with Crippen molar-refractivity contribution in [3.8, 4) is 11.4 Å². The van der Waals surface area contributed by atoms with Crippen molar-refractivity contribution >= 4 is 17.5 Å². The van der Waals surface area contributed by atoms with E-state index in [2.05, 4.69) is 28.9 Å². The van der Waals surface area contributed by atoms with Gasteiger partial charge in [-0.2, -0.15) is 0 Å². The van der Waals surface area contributed by atoms with Gasteiger partial charge in [-0.15, -0.1) is 16.8 Å². The van der Waals surface area contributed by atoms with Crippen molar-refractivity contribution in [2.75, 3.05) is 5.75 Å². The highest BCUT2D eigenvalue weighted by molar-refractivity contribution is 7.99. The highest BCUT2D eigenvalue weighted by Crippen LogP contribution is 2.32. The van der Waals surface area contributed by atoms with E-state index in [1.54, 1.807) is 0 Å². The lowest BCUT2D eigenvalue weighted by molar-refractivity contribution is 0.102. The molecule has 1 aliphatic carbocycles. The lowest BCUT2D eigenvalue weighted by Gasteiger charge is -2.22. The Hall–Kier alpha value is -2.66. The van der Waals surface area contributed by atoms with Gasteiger partial charge in [0.15, 0.2) is 16.8 Å². The van der Waals surface area contributed by atoms with Crippen LogP contribution < -0.4 is 0 Å². The summed E-state index contributed by atoms with van der Waals surface area (Å²) < 4.78 is 2.01. The Morgan fingerprint density at radius 1 is 1.03 bits per heavy atom. The largest absolute Gasteiger partial charge is 0.298 e. The molecule has 0 aliphatic heterocycles. The Balaban J connectivity index is 1.43. The van der Waals surface area contributed by atoms with E-state index in [4.69, 9.17) is 0 Å². The average molecular weight is 418 g/mol. The summed E-state index contributed by atoms with van der Waals surface area (Å²) in [6, 6.07) is 18.2. The SMILES string of the molecule is C=CCn1c(SCC(=O)c2ccc(C3CCCCC3)cc2)nnc1-c1ccccc1. The molecule has 0 saturated heterocycles. The third-order valence-corrected chi connectivity index (χ3v) is 6.67. The van der Waals surface area contributed by atoms with Gasteiger partial charge in [-0.05, 0) is 24.3 Å². The predicted octanol–water partition coefficient (Wildman–Crippen LogP) is 6.15. The molecule has 0 radical (unpaired) electrons. The molecule has 154 valence electrons. The first-order chi connectivity index (χ1) is 14.8. The normalized spacial score (nSPS) is 14.5. The van der Waals surface area contributed by atoms with Crippen molar-refractivity contribution in [3.05, 3.63) is 78.4 Å². The van der Waals surface area contributed by atoms with E-state index in [9.17, 15) is 4.79 Å². The minimum Gasteiger partial charge on any atom is -0.298 e. The fourth-order valence-electron chi connectivity index (χ4n) is 4.08. The van der Waals surface area contributed by atoms with Gasteiger partial charge >= 0.3 is 0 Å². The van der Waals surface area contributed by atoms with Gasteiger partial charge in [0.05, 0.1) is 5.75 Å². The number of Topliss-reactive ketones (excluding diaryl/α,β-unsaturated/α-hetero) is 1. The Morgan fingerprint density at radius 3 is 2.47 bits per heavy atom. The summed E-state index contributed by atoms with van der Waals surface area (Å²) in [6.45, 7) is 4.45. The highest BCUT2D eigenvalue weighted by atomic mass is 32.2. The van der Waals surface area contributed by atoms with Crippen LogP contribution in [-0.4, -0.2) is 26.3 Å². The van der Waals surface area contributed by atoms with Gasteiger partial charge in [0.2, 0.25) is 0 Å². The first kappa shape index (κ1) is 20.6. The molecule has 1 aliphatic rings. The average Bonchev–Trinajstić information content (AvgIpc) is 3.21. The number of hydrogen-bond acceptors (Lipinski definition) is 4. The van der Waals surface area contributed by atoms with Crippen molar-refractivity contribution < 1.29 is 4.79 Å². The molecule has 2 aromatic carbocycles. The van der Waals surface area contributed by atoms with E-state index < -0.39 is 0 Å². The second kappa shape index (κ2) is 9.90. The van der Waals surface area contributed by atoms with Crippen molar-refractivity contribution in [3.63, 3.8) is 0 Å². The molecule has 5 heteroatoms. The molecule has 1 fully saturated rings. The van der Waals surface area contributed by atoms with E-state index in [0.29, 0.717) is 18.2 Å². The van der Waals surface area contributed by atoms with Crippen molar-refractivity contribution in [1.82, 2.24) is 14.8 Å². The van der Waals surface area contributed by atoms with E-state index >= 15 is 0 Å². The molecule has 1 heterocycles. The number of carbonyl (C=O) groups excluding carboxylic acids is 1. The molecule has 4 nitrogen and oxygen atoms in total. The van der Waals surface area contributed by atoms with Crippen LogP contribution in [0.25, 0.3) is 11.4 Å². The molecule has 4 rings (SSSR count). The third-order valence-electron chi connectivity index (χ3n) is 5.70. The predicted molar refractivity (Wildman–Crippen MR) is 123 cm³/mol. The zero-order chi connectivity index (χ0) is 20.8. The van der Waals surface area contributed by atoms with Gasteiger partial charge < -0.3 is 0 Å². The zero-order valence-electron chi connectivity index (χ0n) is 17.2. The van der Waals surface area contributed by atoms with Crippen LogP contribution >= 0.6 is 11.8 Å². The maximum atomic E-state index is 12.8. The number of carbonyl (C=O) groups is 1. The first-order valence-electron chi connectivity index (χ1n) is 10.6. The topological polar surface area (TPSA) is 47.8 Å². The third kappa shape index (κ3) is 4.73. The van der Waals surface area contributed by atoms with E-state index in [0.717, 1.165) is 22.1 Å². The quantitative estimate of drug-likeness (QED) is 0.250. The van der Waals surface area contributed by atoms with Crippen LogP contribution in [0.15, 0.2) is 72.4 Å². The summed E-state index contributed by atoms with van der Waals surface area (Å²) in [7, 11) is 0. The van der Waals surface area contributed by atoms with Crippen molar-refractivity contribution in [1.29, 1.82) is 0 Å². The summed E-state index contributed by atoms with van der Waals surface area (Å²) in [5, 5.41) is 9.42. The highest BCUT2D eigenvalue weighted by Gasteiger charge is 2.17. The monoisotopic (exact) mass is 417 g/mol. The summed E-state index contributed by atoms with van der Waals surface area (Å²) in [5.74, 6) is 1.91. The van der Waals surface area contributed by atoms with Crippen LogP contribution in [-0.2, 0) is 6.54 Å². The minimum atomic E-state index is 0.115. The molecule has 0 spiro atoms. The summed E-state index contributed by atoms with van der Waals surface area (Å²) in [6.07, 6.45) is 8.35. The molecule has 1 aromatic heterocycles. The molecule has 30 heavy (non-hydrogen) atoms. The van der Waals surface area contributed by atoms with E-state index in [1.165, 1.54) is 49.4 Å². The molecule has 0 unspecified atom stereocenters. The molecule has 0 atom stereocenters. The van der Waals surface area contributed by atoms with Crippen LogP contribution in [0.2, 0.25) is 0 Å². The van der Waals surface area contributed by atoms with E-state index in [-0.39, 0.29) is 5.78 Å². The van der Waals surface area contributed by atoms with Crippen LogP contribution in [0.3, 0.4) is 0 Å². The number of aromatic nitrogens is 3. The number of benzene rings is 2. The smallest absolute Gasteiger partial charge is 0.192 e. The molecular formula is C25H27N3OS. The van der Waals surface area contributed by atoms with Gasteiger partial charge in [0, 0.05) is 17.7 Å². The van der Waals surface area contributed by atoms with Gasteiger partial charge in [-0.3, -0.25) is 9.36 Å². The molecule has 0 bridgehead atoms. The van der Waals surface area contributed by atoms with Crippen LogP contribution in [0, 0.1) is 0 Å². The van der Waals surface area contributed by atoms with Crippen LogP contribution in [0.4, 0.5) is 0 Å². The van der Waals surface area contributed by atoms with Gasteiger partial charge in [-0.25, -0.2) is 0 Å². The lowest BCUT2D eigenvalue weighted by Crippen LogP contribution is -2.07. The van der Waals surface area contributed by atoms with Gasteiger partial charge in [-0.1, -0.05) is 91.7 Å². The minimum absolute atomic E-state index is 0.115. The lowest BCUT2D eigenvalue weighted by atomic mass is 9.84. The molecule has 0 amide bonds. The number of ketones is 1. The van der Waals surface area contributed by atoms with Crippen LogP contribution in [0.5, 0.6) is 0 Å². The maximum absolute atomic E-state index is 12.8. The number of rotatable bonds is 8. The van der Waals surface area contributed by atoms with Gasteiger partial charge in [0.25, 0.3) is 0 Å². The zero-order valence-corrected chi connectivity index (χ0v) is 18.0. The number of hydrogen-bond donors (Lipinski definition) is 0. The fourth-order valence-corrected chi connectivity index (χ4v) is 4.92. The Kier molecular flexibility index (Phi) is 6.80. The second-order valence-electron chi connectivity index (χ2n) is 7.74. The fraction of sp³-hybridized carbons (Fsp3) is 0.320. The number of nitrogens with zero attached hydrogens (tertiary/aromatic N) is 3. The number of allylic oxidation sites excluding steroid dienone is 1. The Labute approximate surface area is 182 Å². The first-order valence-corrected chi connectivity index (χ1v) is 11.6.